The number of aliphatic hydroxyl groups excluding tert-OH is 1. The van der Waals surface area contributed by atoms with Crippen molar-refractivity contribution in [3.05, 3.63) is 35.4 Å². The Hall–Kier alpha value is -1.43. The van der Waals surface area contributed by atoms with Crippen LogP contribution in [-0.4, -0.2) is 65.3 Å². The summed E-state index contributed by atoms with van der Waals surface area (Å²) in [6, 6.07) is 7.13. The Labute approximate surface area is 143 Å². The molecule has 2 fully saturated rings. The molecule has 0 amide bonds. The van der Waals surface area contributed by atoms with E-state index < -0.39 is 5.97 Å². The van der Waals surface area contributed by atoms with E-state index in [-0.39, 0.29) is 6.61 Å². The van der Waals surface area contributed by atoms with E-state index in [1.807, 2.05) is 12.1 Å². The first-order valence-electron chi connectivity index (χ1n) is 9.03. The topological polar surface area (TPSA) is 64.0 Å². The van der Waals surface area contributed by atoms with Crippen molar-refractivity contribution in [2.45, 2.75) is 25.8 Å². The summed E-state index contributed by atoms with van der Waals surface area (Å²) in [5.74, 6) is 0.00118. The van der Waals surface area contributed by atoms with Crippen molar-refractivity contribution in [3.8, 4) is 0 Å². The largest absolute Gasteiger partial charge is 0.478 e. The Kier molecular flexibility index (Phi) is 5.87. The second-order valence-corrected chi connectivity index (χ2v) is 7.26. The average molecular weight is 332 g/mol. The van der Waals surface area contributed by atoms with Crippen molar-refractivity contribution < 1.29 is 15.0 Å². The fourth-order valence-electron chi connectivity index (χ4n) is 4.06. The summed E-state index contributed by atoms with van der Waals surface area (Å²) in [6.07, 6.45) is 3.95. The number of aromatic carboxylic acids is 1. The maximum absolute atomic E-state index is 10.9. The second-order valence-electron chi connectivity index (χ2n) is 7.26. The molecule has 0 saturated carbocycles. The van der Waals surface area contributed by atoms with E-state index in [9.17, 15) is 9.90 Å². The molecular weight excluding hydrogens is 304 g/mol. The highest BCUT2D eigenvalue weighted by molar-refractivity contribution is 5.87. The molecule has 0 aromatic heterocycles. The smallest absolute Gasteiger partial charge is 0.335 e. The van der Waals surface area contributed by atoms with Crippen LogP contribution < -0.4 is 0 Å². The van der Waals surface area contributed by atoms with Gasteiger partial charge < -0.3 is 15.1 Å². The fraction of sp³-hybridized carbons (Fsp3) is 0.632. The minimum atomic E-state index is -0.885. The molecule has 2 aliphatic rings. The zero-order chi connectivity index (χ0) is 16.9. The lowest BCUT2D eigenvalue weighted by Crippen LogP contribution is -2.37. The minimum Gasteiger partial charge on any atom is -0.478 e. The molecule has 2 aliphatic heterocycles. The normalized spacial score (nSPS) is 25.9. The van der Waals surface area contributed by atoms with E-state index in [0.29, 0.717) is 17.4 Å². The van der Waals surface area contributed by atoms with Gasteiger partial charge >= 0.3 is 5.97 Å². The zero-order valence-corrected chi connectivity index (χ0v) is 14.2. The van der Waals surface area contributed by atoms with Gasteiger partial charge in [0.2, 0.25) is 0 Å². The van der Waals surface area contributed by atoms with Gasteiger partial charge in [0.15, 0.2) is 0 Å². The molecule has 5 nitrogen and oxygen atoms in total. The molecule has 132 valence electrons. The van der Waals surface area contributed by atoms with Crippen LogP contribution in [0.2, 0.25) is 0 Å². The van der Waals surface area contributed by atoms with Crippen molar-refractivity contribution in [3.63, 3.8) is 0 Å². The predicted molar refractivity (Wildman–Crippen MR) is 93.0 cm³/mol. The summed E-state index contributed by atoms with van der Waals surface area (Å²) >= 11 is 0. The minimum absolute atomic E-state index is 0.257. The van der Waals surface area contributed by atoms with Gasteiger partial charge in [0.05, 0.1) is 5.56 Å². The van der Waals surface area contributed by atoms with E-state index in [1.54, 1.807) is 12.1 Å². The van der Waals surface area contributed by atoms with Gasteiger partial charge in [0, 0.05) is 32.8 Å². The molecule has 0 bridgehead atoms. The van der Waals surface area contributed by atoms with Gasteiger partial charge in [-0.2, -0.15) is 0 Å². The summed E-state index contributed by atoms with van der Waals surface area (Å²) in [7, 11) is 0. The van der Waals surface area contributed by atoms with Gasteiger partial charge in [-0.1, -0.05) is 18.6 Å². The number of nitrogens with zero attached hydrogens (tertiary/aromatic N) is 2. The van der Waals surface area contributed by atoms with Crippen LogP contribution in [0.1, 0.15) is 35.2 Å². The van der Waals surface area contributed by atoms with Crippen LogP contribution in [-0.2, 0) is 6.54 Å². The van der Waals surface area contributed by atoms with Crippen LogP contribution in [0.5, 0.6) is 0 Å². The Morgan fingerprint density at radius 3 is 2.29 bits per heavy atom. The molecule has 2 atom stereocenters. The molecule has 0 aliphatic carbocycles. The molecule has 3 rings (SSSR count). The number of rotatable bonds is 6. The molecule has 0 unspecified atom stereocenters. The molecule has 0 radical (unpaired) electrons. The lowest BCUT2D eigenvalue weighted by molar-refractivity contribution is 0.0697. The van der Waals surface area contributed by atoms with E-state index >= 15 is 0 Å². The molecule has 0 spiro atoms. The predicted octanol–water partition coefficient (Wildman–Crippen LogP) is 1.91. The number of hydrogen-bond donors (Lipinski definition) is 2. The number of piperidine rings is 1. The molecule has 24 heavy (non-hydrogen) atoms. The summed E-state index contributed by atoms with van der Waals surface area (Å²) < 4.78 is 0. The second kappa shape index (κ2) is 8.10. The van der Waals surface area contributed by atoms with Gasteiger partial charge in [-0.25, -0.2) is 4.79 Å². The molecule has 5 heteroatoms. The third-order valence-corrected chi connectivity index (χ3v) is 5.44. The fourth-order valence-corrected chi connectivity index (χ4v) is 4.06. The van der Waals surface area contributed by atoms with Crippen molar-refractivity contribution in [1.29, 1.82) is 0 Å². The van der Waals surface area contributed by atoms with Crippen molar-refractivity contribution in [2.24, 2.45) is 11.8 Å². The van der Waals surface area contributed by atoms with Crippen LogP contribution in [0.4, 0.5) is 0 Å². The van der Waals surface area contributed by atoms with E-state index in [2.05, 4.69) is 9.80 Å². The van der Waals surface area contributed by atoms with Gasteiger partial charge in [-0.05, 0) is 55.5 Å². The number of carboxylic acid groups (broad SMARTS) is 1. The average Bonchev–Trinajstić information content (AvgIpc) is 2.97. The summed E-state index contributed by atoms with van der Waals surface area (Å²) in [5, 5.41) is 18.7. The monoisotopic (exact) mass is 332 g/mol. The van der Waals surface area contributed by atoms with Crippen molar-refractivity contribution in [2.75, 3.05) is 39.3 Å². The number of aliphatic hydroxyl groups is 1. The lowest BCUT2D eigenvalue weighted by Gasteiger charge is -2.30. The standard InChI is InChI=1S/C19H28N2O3/c22-14-18-13-21(10-15-4-6-16(7-5-15)19(23)24)12-17(18)11-20-8-2-1-3-9-20/h4-7,17-18,22H,1-3,8-14H2,(H,23,24)/t17-,18-/m1/s1. The molecule has 2 heterocycles. The Bertz CT molecular complexity index is 540. The first-order valence-corrected chi connectivity index (χ1v) is 9.03. The lowest BCUT2D eigenvalue weighted by atomic mass is 9.95. The third-order valence-electron chi connectivity index (χ3n) is 5.44. The van der Waals surface area contributed by atoms with E-state index in [0.717, 1.165) is 31.7 Å². The molecule has 2 N–H and O–H groups in total. The van der Waals surface area contributed by atoms with Crippen molar-refractivity contribution >= 4 is 5.97 Å². The number of hydrogen-bond acceptors (Lipinski definition) is 4. The van der Waals surface area contributed by atoms with Crippen molar-refractivity contribution in [1.82, 2.24) is 9.80 Å². The van der Waals surface area contributed by atoms with E-state index in [4.69, 9.17) is 5.11 Å². The third kappa shape index (κ3) is 4.35. The number of carbonyl (C=O) groups is 1. The SMILES string of the molecule is O=C(O)c1ccc(CN2C[C@@H](CN3CCCCC3)[C@@H](CO)C2)cc1. The molecule has 2 saturated heterocycles. The summed E-state index contributed by atoms with van der Waals surface area (Å²) in [5.41, 5.74) is 1.46. The van der Waals surface area contributed by atoms with Gasteiger partial charge in [-0.3, -0.25) is 4.90 Å². The van der Waals surface area contributed by atoms with Crippen LogP contribution in [0.25, 0.3) is 0 Å². The number of likely N-dealkylation sites (tertiary alicyclic amines) is 2. The first kappa shape index (κ1) is 17.4. The van der Waals surface area contributed by atoms with Gasteiger partial charge in [0.25, 0.3) is 0 Å². The number of benzene rings is 1. The zero-order valence-electron chi connectivity index (χ0n) is 14.2. The van der Waals surface area contributed by atoms with E-state index in [1.165, 1.54) is 32.4 Å². The summed E-state index contributed by atoms with van der Waals surface area (Å²) in [6.45, 7) is 6.52. The highest BCUT2D eigenvalue weighted by Gasteiger charge is 2.33. The van der Waals surface area contributed by atoms with Crippen LogP contribution >= 0.6 is 0 Å². The quantitative estimate of drug-likeness (QED) is 0.833. The highest BCUT2D eigenvalue weighted by atomic mass is 16.4. The molecule has 1 aromatic rings. The Morgan fingerprint density at radius 1 is 1.00 bits per heavy atom. The van der Waals surface area contributed by atoms with Gasteiger partial charge in [0.1, 0.15) is 0 Å². The summed E-state index contributed by atoms with van der Waals surface area (Å²) in [4.78, 5) is 15.9. The van der Waals surface area contributed by atoms with Crippen LogP contribution in [0.3, 0.4) is 0 Å². The Balaban J connectivity index is 1.55. The highest BCUT2D eigenvalue weighted by Crippen LogP contribution is 2.26. The first-order chi connectivity index (χ1) is 11.7. The van der Waals surface area contributed by atoms with Gasteiger partial charge in [-0.15, -0.1) is 0 Å². The molecular formula is C19H28N2O3. The maximum atomic E-state index is 10.9. The molecule has 1 aromatic carbocycles. The van der Waals surface area contributed by atoms with Crippen LogP contribution in [0.15, 0.2) is 24.3 Å². The Morgan fingerprint density at radius 2 is 1.67 bits per heavy atom. The maximum Gasteiger partial charge on any atom is 0.335 e. The van der Waals surface area contributed by atoms with Crippen LogP contribution in [0, 0.1) is 11.8 Å². The number of carboxylic acids is 1.